The van der Waals surface area contributed by atoms with E-state index in [9.17, 15) is 27.4 Å². The van der Waals surface area contributed by atoms with Crippen molar-refractivity contribution in [3.05, 3.63) is 113 Å². The summed E-state index contributed by atoms with van der Waals surface area (Å²) in [5, 5.41) is 0.560. The molecule has 7 rings (SSSR count). The van der Waals surface area contributed by atoms with Crippen molar-refractivity contribution < 1.29 is 90.0 Å². The summed E-state index contributed by atoms with van der Waals surface area (Å²) >= 11 is 0. The predicted molar refractivity (Wildman–Crippen MR) is 261 cm³/mol. The SMILES string of the molecule is COCCOCCOCCOCCN1c2cc3c(cc2C(C)=CC1(C)C)C(=CC=CC1=[N+](CCCCCC(=O)ON2C(=O)CCC2=O)c2ccc(S(=O)(=O)[O-])cc2C1(C)C)C=C(c1ccccc1)O3.[Na+]. The molecule has 0 N–H and O–H groups in total. The van der Waals surface area contributed by atoms with Crippen LogP contribution in [0.2, 0.25) is 0 Å². The molecule has 0 bridgehead atoms. The Morgan fingerprint density at radius 2 is 1.53 bits per heavy atom. The molecule has 0 spiro atoms. The number of carbonyl (C=O) groups is 3. The van der Waals surface area contributed by atoms with Crippen LogP contribution in [0.15, 0.2) is 95.9 Å². The summed E-state index contributed by atoms with van der Waals surface area (Å²) in [5.41, 5.74) is 7.41. The van der Waals surface area contributed by atoms with Gasteiger partial charge >= 0.3 is 35.5 Å². The van der Waals surface area contributed by atoms with E-state index in [2.05, 4.69) is 54.5 Å². The van der Waals surface area contributed by atoms with Crippen LogP contribution in [0.3, 0.4) is 0 Å². The van der Waals surface area contributed by atoms with Gasteiger partial charge in [-0.25, -0.2) is 13.2 Å². The number of hydrogen-bond acceptors (Lipinski definition) is 13. The first-order chi connectivity index (χ1) is 33.0. The van der Waals surface area contributed by atoms with Gasteiger partial charge in [0.1, 0.15) is 28.2 Å². The average molecular weight is 989 g/mol. The second-order valence-electron chi connectivity index (χ2n) is 18.4. The monoisotopic (exact) mass is 988 g/mol. The molecule has 368 valence electrons. The Labute approximate surface area is 433 Å². The Morgan fingerprint density at radius 3 is 2.20 bits per heavy atom. The number of methoxy groups -OCH3 is 1. The fraction of sp³-hybridized carbons (Fsp3) is 0.434. The van der Waals surface area contributed by atoms with Crippen LogP contribution in [0.5, 0.6) is 5.75 Å². The van der Waals surface area contributed by atoms with Crippen LogP contribution < -0.4 is 39.2 Å². The number of hydroxylamine groups is 2. The third kappa shape index (κ3) is 13.0. The normalized spacial score (nSPS) is 17.6. The maximum Gasteiger partial charge on any atom is 1.00 e. The van der Waals surface area contributed by atoms with E-state index >= 15 is 0 Å². The van der Waals surface area contributed by atoms with Crippen LogP contribution in [0.25, 0.3) is 16.9 Å². The number of benzene rings is 3. The van der Waals surface area contributed by atoms with Gasteiger partial charge in [-0.05, 0) is 82.9 Å². The molecule has 70 heavy (non-hydrogen) atoms. The Bertz CT molecular complexity index is 2670. The second kappa shape index (κ2) is 24.1. The van der Waals surface area contributed by atoms with Crippen molar-refractivity contribution in [2.75, 3.05) is 71.3 Å². The molecule has 4 aliphatic heterocycles. The zero-order chi connectivity index (χ0) is 49.3. The molecule has 0 radical (unpaired) electrons. The summed E-state index contributed by atoms with van der Waals surface area (Å²) in [6.45, 7) is 15.2. The number of nitrogens with zero attached hydrogens (tertiary/aromatic N) is 3. The van der Waals surface area contributed by atoms with Crippen molar-refractivity contribution in [2.24, 2.45) is 0 Å². The number of imide groups is 1. The maximum atomic E-state index is 12.5. The van der Waals surface area contributed by atoms with E-state index in [-0.39, 0.29) is 59.3 Å². The molecule has 1 saturated heterocycles. The molecule has 2 amide bonds. The Hall–Kier alpha value is -4.75. The number of unbranched alkanes of at least 4 members (excludes halogenated alkanes) is 2. The molecule has 3 aromatic carbocycles. The van der Waals surface area contributed by atoms with Crippen LogP contribution >= 0.6 is 0 Å². The minimum atomic E-state index is -4.72. The Balaban J connectivity index is 0.00000804. The van der Waals surface area contributed by atoms with Gasteiger partial charge in [-0.1, -0.05) is 48.6 Å². The van der Waals surface area contributed by atoms with Crippen molar-refractivity contribution >= 4 is 61.9 Å². The van der Waals surface area contributed by atoms with Gasteiger partial charge in [-0.2, -0.15) is 4.58 Å². The fourth-order valence-electron chi connectivity index (χ4n) is 9.23. The maximum absolute atomic E-state index is 12.5. The first kappa shape index (κ1) is 54.6. The molecular formula is C53H63N3NaO12S+. The zero-order valence-electron chi connectivity index (χ0n) is 41.4. The van der Waals surface area contributed by atoms with E-state index < -0.39 is 33.3 Å². The summed E-state index contributed by atoms with van der Waals surface area (Å²) in [4.78, 5) is 43.4. The summed E-state index contributed by atoms with van der Waals surface area (Å²) in [6, 6.07) is 18.8. The number of ether oxygens (including phenoxy) is 5. The van der Waals surface area contributed by atoms with Crippen LogP contribution in [0.1, 0.15) is 95.4 Å². The summed E-state index contributed by atoms with van der Waals surface area (Å²) in [6.07, 6.45) is 12.2. The minimum absolute atomic E-state index is 0. The summed E-state index contributed by atoms with van der Waals surface area (Å²) < 4.78 is 67.7. The second-order valence-corrected chi connectivity index (χ2v) is 19.8. The Morgan fingerprint density at radius 1 is 0.857 bits per heavy atom. The minimum Gasteiger partial charge on any atom is -0.744 e. The van der Waals surface area contributed by atoms with Crippen LogP contribution in [0.4, 0.5) is 11.4 Å². The largest absolute Gasteiger partial charge is 1.00 e. The number of allylic oxidation sites excluding steroid dienone is 6. The van der Waals surface area contributed by atoms with Gasteiger partial charge in [-0.15, -0.1) is 5.06 Å². The molecule has 0 unspecified atom stereocenters. The first-order valence-electron chi connectivity index (χ1n) is 23.5. The number of carbonyl (C=O) groups excluding carboxylic acids is 3. The van der Waals surface area contributed by atoms with Crippen molar-refractivity contribution in [3.63, 3.8) is 0 Å². The van der Waals surface area contributed by atoms with Gasteiger partial charge < -0.3 is 38.0 Å². The molecule has 4 aliphatic rings. The third-order valence-electron chi connectivity index (χ3n) is 12.7. The molecule has 17 heteroatoms. The van der Waals surface area contributed by atoms with Crippen molar-refractivity contribution in [2.45, 2.75) is 89.0 Å². The molecule has 4 heterocycles. The molecule has 0 saturated carbocycles. The summed E-state index contributed by atoms with van der Waals surface area (Å²) in [7, 11) is -3.07. The number of anilines is 1. The number of fused-ring (bicyclic) bond motifs is 3. The van der Waals surface area contributed by atoms with Gasteiger partial charge in [-0.3, -0.25) is 9.59 Å². The van der Waals surface area contributed by atoms with Crippen LogP contribution in [-0.2, 0) is 53.7 Å². The fourth-order valence-corrected chi connectivity index (χ4v) is 9.72. The third-order valence-corrected chi connectivity index (χ3v) is 13.6. The quantitative estimate of drug-likeness (QED) is 0.0413. The van der Waals surface area contributed by atoms with Gasteiger partial charge in [0.05, 0.1) is 62.1 Å². The molecule has 1 fully saturated rings. The van der Waals surface area contributed by atoms with E-state index in [1.807, 2.05) is 62.4 Å². The van der Waals surface area contributed by atoms with E-state index in [1.54, 1.807) is 13.2 Å². The van der Waals surface area contributed by atoms with Gasteiger partial charge in [0.2, 0.25) is 5.69 Å². The van der Waals surface area contributed by atoms with Gasteiger partial charge in [0.25, 0.3) is 11.8 Å². The Kier molecular flexibility index (Phi) is 18.8. The van der Waals surface area contributed by atoms with Crippen molar-refractivity contribution in [1.29, 1.82) is 0 Å². The number of rotatable bonds is 23. The molecule has 0 aliphatic carbocycles. The van der Waals surface area contributed by atoms with Crippen LogP contribution in [0, 0.1) is 0 Å². The number of hydrogen-bond donors (Lipinski definition) is 0. The number of amides is 2. The predicted octanol–water partition coefficient (Wildman–Crippen LogP) is 4.91. The molecular weight excluding hydrogens is 926 g/mol. The summed E-state index contributed by atoms with van der Waals surface area (Å²) in [5.74, 6) is -0.282. The van der Waals surface area contributed by atoms with Crippen molar-refractivity contribution in [3.8, 4) is 5.75 Å². The molecule has 0 atom stereocenters. The smallest absolute Gasteiger partial charge is 0.744 e. The zero-order valence-corrected chi connectivity index (χ0v) is 44.2. The average Bonchev–Trinajstić information content (AvgIpc) is 3.73. The van der Waals surface area contributed by atoms with E-state index in [0.717, 1.165) is 44.9 Å². The first-order valence-corrected chi connectivity index (χ1v) is 24.9. The van der Waals surface area contributed by atoms with Gasteiger partial charge in [0, 0.05) is 85.5 Å². The topological polar surface area (TPSA) is 173 Å². The van der Waals surface area contributed by atoms with Gasteiger partial charge in [0.15, 0.2) is 5.71 Å². The van der Waals surface area contributed by atoms with E-state index in [4.69, 9.17) is 28.5 Å². The molecule has 0 aromatic heterocycles. The van der Waals surface area contributed by atoms with E-state index in [1.165, 1.54) is 12.1 Å². The standard InChI is InChI=1S/C53H63N3O12S.Na/c1-37-36-52(2,3)55(24-25-64-28-29-66-31-30-65-27-26-63-6)45-35-47-42(34-41(37)45)39(32-46(67-47)38-14-9-7-10-15-38)16-13-17-48-53(4,5)43-33-40(69(60,61)62)19-20-44(43)54(48)23-12-8-11-18-51(59)68-56-49(57)21-22-50(56)58;/h7,9-10,13-17,19-20,32-36H,8,11-12,18,21-31H2,1-6H3;/q;+1. The van der Waals surface area contributed by atoms with Crippen LogP contribution in [-0.4, -0.2) is 118 Å². The van der Waals surface area contributed by atoms with Crippen molar-refractivity contribution in [1.82, 2.24) is 5.06 Å². The molecule has 15 nitrogen and oxygen atoms in total. The van der Waals surface area contributed by atoms with E-state index in [0.29, 0.717) is 101 Å². The molecule has 3 aromatic rings.